The Morgan fingerprint density at radius 2 is 2.24 bits per heavy atom. The van der Waals surface area contributed by atoms with Crippen LogP contribution in [0.2, 0.25) is 0 Å². The summed E-state index contributed by atoms with van der Waals surface area (Å²) in [5.74, 6) is 0.509. The van der Waals surface area contributed by atoms with Crippen molar-refractivity contribution in [2.75, 3.05) is 26.3 Å². The van der Waals surface area contributed by atoms with Crippen molar-refractivity contribution >= 4 is 0 Å². The molecule has 0 bridgehead atoms. The standard InChI is InChI=1S/C12H23N3O2/c1-11(2)9-17-10-12(16)8-13-5-7-15-6-3-4-14-15/h3-4,6,11-13,16H,5,7-10H2,1-2H3. The summed E-state index contributed by atoms with van der Waals surface area (Å²) in [5, 5.41) is 16.9. The first-order valence-electron chi connectivity index (χ1n) is 6.12. The monoisotopic (exact) mass is 241 g/mol. The van der Waals surface area contributed by atoms with E-state index in [-0.39, 0.29) is 0 Å². The third-order valence-corrected chi connectivity index (χ3v) is 2.22. The minimum absolute atomic E-state index is 0.396. The van der Waals surface area contributed by atoms with Gasteiger partial charge in [0.2, 0.25) is 0 Å². The highest BCUT2D eigenvalue weighted by atomic mass is 16.5. The van der Waals surface area contributed by atoms with Gasteiger partial charge in [-0.25, -0.2) is 0 Å². The molecule has 0 saturated heterocycles. The van der Waals surface area contributed by atoms with Gasteiger partial charge in [0.25, 0.3) is 0 Å². The Labute approximate surface area is 103 Å². The Balaban J connectivity index is 1.95. The molecule has 0 fully saturated rings. The maximum atomic E-state index is 9.61. The van der Waals surface area contributed by atoms with Gasteiger partial charge in [-0.2, -0.15) is 5.10 Å². The number of aliphatic hydroxyl groups is 1. The zero-order valence-electron chi connectivity index (χ0n) is 10.7. The molecule has 98 valence electrons. The van der Waals surface area contributed by atoms with Gasteiger partial charge in [0.05, 0.1) is 19.3 Å². The van der Waals surface area contributed by atoms with Crippen LogP contribution in [0.3, 0.4) is 0 Å². The lowest BCUT2D eigenvalue weighted by atomic mass is 10.2. The fourth-order valence-corrected chi connectivity index (χ4v) is 1.39. The van der Waals surface area contributed by atoms with Crippen molar-refractivity contribution in [2.45, 2.75) is 26.5 Å². The molecule has 1 atom stereocenters. The number of nitrogens with zero attached hydrogens (tertiary/aromatic N) is 2. The van der Waals surface area contributed by atoms with Crippen LogP contribution in [0.1, 0.15) is 13.8 Å². The summed E-state index contributed by atoms with van der Waals surface area (Å²) in [4.78, 5) is 0. The van der Waals surface area contributed by atoms with E-state index in [1.807, 2.05) is 16.9 Å². The lowest BCUT2D eigenvalue weighted by Crippen LogP contribution is -2.32. The minimum atomic E-state index is -0.439. The molecule has 1 unspecified atom stereocenters. The smallest absolute Gasteiger partial charge is 0.0897 e. The van der Waals surface area contributed by atoms with E-state index < -0.39 is 6.10 Å². The quantitative estimate of drug-likeness (QED) is 0.618. The number of nitrogens with one attached hydrogen (secondary N) is 1. The lowest BCUT2D eigenvalue weighted by Gasteiger charge is -2.13. The normalized spacial score (nSPS) is 13.2. The van der Waals surface area contributed by atoms with Gasteiger partial charge >= 0.3 is 0 Å². The molecule has 0 spiro atoms. The summed E-state index contributed by atoms with van der Waals surface area (Å²) in [7, 11) is 0. The van der Waals surface area contributed by atoms with Gasteiger partial charge in [0.15, 0.2) is 0 Å². The van der Waals surface area contributed by atoms with Crippen LogP contribution < -0.4 is 5.32 Å². The maximum Gasteiger partial charge on any atom is 0.0897 e. The van der Waals surface area contributed by atoms with Gasteiger partial charge in [-0.15, -0.1) is 0 Å². The van der Waals surface area contributed by atoms with Gasteiger partial charge in [-0.05, 0) is 12.0 Å². The molecule has 0 saturated carbocycles. The SMILES string of the molecule is CC(C)COCC(O)CNCCn1cccn1. The highest BCUT2D eigenvalue weighted by Gasteiger charge is 2.04. The van der Waals surface area contributed by atoms with Crippen molar-refractivity contribution in [3.63, 3.8) is 0 Å². The highest BCUT2D eigenvalue weighted by molar-refractivity contribution is 4.77. The molecule has 2 N–H and O–H groups in total. The molecule has 17 heavy (non-hydrogen) atoms. The van der Waals surface area contributed by atoms with E-state index >= 15 is 0 Å². The number of aliphatic hydroxyl groups excluding tert-OH is 1. The zero-order chi connectivity index (χ0) is 12.5. The number of rotatable bonds is 9. The van der Waals surface area contributed by atoms with Crippen molar-refractivity contribution in [1.82, 2.24) is 15.1 Å². The summed E-state index contributed by atoms with van der Waals surface area (Å²) in [6.45, 7) is 7.44. The minimum Gasteiger partial charge on any atom is -0.389 e. The Morgan fingerprint density at radius 3 is 2.88 bits per heavy atom. The van der Waals surface area contributed by atoms with Gasteiger partial charge in [-0.3, -0.25) is 4.68 Å². The van der Waals surface area contributed by atoms with Gasteiger partial charge in [0, 0.05) is 32.1 Å². The van der Waals surface area contributed by atoms with Crippen LogP contribution in [0.4, 0.5) is 0 Å². The molecule has 1 rings (SSSR count). The number of ether oxygens (including phenoxy) is 1. The number of aromatic nitrogens is 2. The van der Waals surface area contributed by atoms with Crippen LogP contribution in [-0.2, 0) is 11.3 Å². The van der Waals surface area contributed by atoms with Crippen molar-refractivity contribution in [1.29, 1.82) is 0 Å². The largest absolute Gasteiger partial charge is 0.389 e. The van der Waals surface area contributed by atoms with E-state index in [1.54, 1.807) is 6.20 Å². The molecule has 0 aliphatic rings. The Hall–Kier alpha value is -0.910. The van der Waals surface area contributed by atoms with Gasteiger partial charge < -0.3 is 15.2 Å². The van der Waals surface area contributed by atoms with Crippen molar-refractivity contribution < 1.29 is 9.84 Å². The first kappa shape index (κ1) is 14.2. The van der Waals surface area contributed by atoms with Crippen molar-refractivity contribution in [2.24, 2.45) is 5.92 Å². The summed E-state index contributed by atoms with van der Waals surface area (Å²) >= 11 is 0. The lowest BCUT2D eigenvalue weighted by molar-refractivity contribution is 0.0261. The van der Waals surface area contributed by atoms with Crippen LogP contribution in [0.25, 0.3) is 0 Å². The van der Waals surface area contributed by atoms with Crippen molar-refractivity contribution in [3.8, 4) is 0 Å². The van der Waals surface area contributed by atoms with Crippen LogP contribution in [-0.4, -0.2) is 47.3 Å². The molecule has 1 heterocycles. The molecule has 5 heteroatoms. The number of hydrogen-bond acceptors (Lipinski definition) is 4. The highest BCUT2D eigenvalue weighted by Crippen LogP contribution is 1.93. The van der Waals surface area contributed by atoms with Crippen LogP contribution in [0, 0.1) is 5.92 Å². The van der Waals surface area contributed by atoms with Gasteiger partial charge in [-0.1, -0.05) is 13.8 Å². The molecule has 0 aliphatic carbocycles. The Morgan fingerprint density at radius 1 is 1.41 bits per heavy atom. The van der Waals surface area contributed by atoms with Crippen LogP contribution >= 0.6 is 0 Å². The molecular weight excluding hydrogens is 218 g/mol. The first-order valence-corrected chi connectivity index (χ1v) is 6.12. The Kier molecular flexibility index (Phi) is 6.84. The van der Waals surface area contributed by atoms with E-state index in [0.717, 1.165) is 13.1 Å². The Bertz CT molecular complexity index is 275. The predicted octanol–water partition coefficient (Wildman–Crippen LogP) is 0.506. The first-order chi connectivity index (χ1) is 8.18. The van der Waals surface area contributed by atoms with E-state index in [0.29, 0.717) is 25.7 Å². The molecule has 5 nitrogen and oxygen atoms in total. The van der Waals surface area contributed by atoms with E-state index in [1.165, 1.54) is 0 Å². The zero-order valence-corrected chi connectivity index (χ0v) is 10.7. The fraction of sp³-hybridized carbons (Fsp3) is 0.750. The molecular formula is C12H23N3O2. The molecule has 1 aromatic rings. The summed E-state index contributed by atoms with van der Waals surface area (Å²) in [5.41, 5.74) is 0. The molecule has 0 aliphatic heterocycles. The number of hydrogen-bond donors (Lipinski definition) is 2. The summed E-state index contributed by atoms with van der Waals surface area (Å²) in [6.07, 6.45) is 3.24. The topological polar surface area (TPSA) is 59.3 Å². The third kappa shape index (κ3) is 7.10. The second-order valence-corrected chi connectivity index (χ2v) is 4.56. The maximum absolute atomic E-state index is 9.61. The molecule has 0 radical (unpaired) electrons. The predicted molar refractivity (Wildman–Crippen MR) is 66.8 cm³/mol. The van der Waals surface area contributed by atoms with Crippen LogP contribution in [0.5, 0.6) is 0 Å². The molecule has 0 aromatic carbocycles. The second kappa shape index (κ2) is 8.22. The summed E-state index contributed by atoms with van der Waals surface area (Å²) in [6, 6.07) is 1.90. The molecule has 1 aromatic heterocycles. The van der Waals surface area contributed by atoms with E-state index in [2.05, 4.69) is 24.3 Å². The average Bonchev–Trinajstić information content (AvgIpc) is 2.76. The van der Waals surface area contributed by atoms with Crippen molar-refractivity contribution in [3.05, 3.63) is 18.5 Å². The second-order valence-electron chi connectivity index (χ2n) is 4.56. The average molecular weight is 241 g/mol. The third-order valence-electron chi connectivity index (χ3n) is 2.22. The van der Waals surface area contributed by atoms with Crippen LogP contribution in [0.15, 0.2) is 18.5 Å². The molecule has 0 amide bonds. The fourth-order valence-electron chi connectivity index (χ4n) is 1.39. The summed E-state index contributed by atoms with van der Waals surface area (Å²) < 4.78 is 7.21. The van der Waals surface area contributed by atoms with E-state index in [9.17, 15) is 5.11 Å². The van der Waals surface area contributed by atoms with E-state index in [4.69, 9.17) is 4.74 Å². The van der Waals surface area contributed by atoms with Gasteiger partial charge in [0.1, 0.15) is 0 Å².